The molecule has 1 aliphatic heterocycles. The maximum absolute atomic E-state index is 12.2. The van der Waals surface area contributed by atoms with Gasteiger partial charge in [0.2, 0.25) is 5.71 Å². The second kappa shape index (κ2) is 6.14. The third kappa shape index (κ3) is 2.64. The molecule has 2 unspecified atom stereocenters. The number of hydrogen-bond acceptors (Lipinski definition) is 5. The van der Waals surface area contributed by atoms with Crippen molar-refractivity contribution in [3.8, 4) is 0 Å². The van der Waals surface area contributed by atoms with Gasteiger partial charge < -0.3 is 9.94 Å². The van der Waals surface area contributed by atoms with Crippen LogP contribution in [0.15, 0.2) is 34.4 Å². The summed E-state index contributed by atoms with van der Waals surface area (Å²) < 4.78 is 5.02. The average Bonchev–Trinajstić information content (AvgIpc) is 2.55. The van der Waals surface area contributed by atoms with E-state index in [1.165, 1.54) is 12.0 Å². The van der Waals surface area contributed by atoms with E-state index in [0.717, 1.165) is 24.8 Å². The fourth-order valence-electron chi connectivity index (χ4n) is 3.84. The van der Waals surface area contributed by atoms with Gasteiger partial charge in [-0.15, -0.1) is 0 Å². The zero-order valence-electron chi connectivity index (χ0n) is 13.6. The highest BCUT2D eigenvalue weighted by Crippen LogP contribution is 2.47. The van der Waals surface area contributed by atoms with Crippen LogP contribution >= 0.6 is 0 Å². The summed E-state index contributed by atoms with van der Waals surface area (Å²) in [5.74, 6) is -0.292. The number of carbonyl (C=O) groups is 1. The van der Waals surface area contributed by atoms with Crippen molar-refractivity contribution in [3.05, 3.63) is 35.4 Å². The van der Waals surface area contributed by atoms with E-state index in [-0.39, 0.29) is 17.9 Å². The first-order chi connectivity index (χ1) is 11.1. The standard InChI is InChI=1S/C18H22N2O3/c1-3-23-17(21)16(20-22)15-13-9-5-4-8-12(13)14-10-6-7-11-18(14,2)19-15/h4-5,8-9,14,22H,3,6-7,10-11H2,1-2H3/b20-16+. The van der Waals surface area contributed by atoms with Crippen LogP contribution in [0.1, 0.15) is 56.6 Å². The molecule has 0 amide bonds. The largest absolute Gasteiger partial charge is 0.461 e. The molecule has 23 heavy (non-hydrogen) atoms. The Morgan fingerprint density at radius 2 is 2.22 bits per heavy atom. The minimum atomic E-state index is -0.638. The normalized spacial score (nSPS) is 26.8. The fourth-order valence-corrected chi connectivity index (χ4v) is 3.84. The van der Waals surface area contributed by atoms with Crippen molar-refractivity contribution in [2.75, 3.05) is 6.61 Å². The smallest absolute Gasteiger partial charge is 0.362 e. The van der Waals surface area contributed by atoms with E-state index in [4.69, 9.17) is 9.73 Å². The SMILES string of the molecule is CCOC(=O)/C(=N/O)C1=NC2(C)CCCCC2c2ccccc21. The maximum atomic E-state index is 12.2. The van der Waals surface area contributed by atoms with Crippen LogP contribution in [0.5, 0.6) is 0 Å². The summed E-state index contributed by atoms with van der Waals surface area (Å²) in [7, 11) is 0. The lowest BCUT2D eigenvalue weighted by molar-refractivity contribution is -0.134. The Morgan fingerprint density at radius 3 is 2.96 bits per heavy atom. The van der Waals surface area contributed by atoms with Crippen molar-refractivity contribution in [2.24, 2.45) is 10.1 Å². The minimum Gasteiger partial charge on any atom is -0.461 e. The number of hydrogen-bond donors (Lipinski definition) is 1. The lowest BCUT2D eigenvalue weighted by atomic mass is 9.67. The van der Waals surface area contributed by atoms with Crippen molar-refractivity contribution in [1.29, 1.82) is 0 Å². The van der Waals surface area contributed by atoms with E-state index in [0.29, 0.717) is 11.6 Å². The molecule has 3 rings (SSSR count). The van der Waals surface area contributed by atoms with E-state index in [1.807, 2.05) is 18.2 Å². The number of rotatable bonds is 3. The molecule has 0 radical (unpaired) electrons. The second-order valence-corrected chi connectivity index (χ2v) is 6.37. The molecular weight excluding hydrogens is 292 g/mol. The summed E-state index contributed by atoms with van der Waals surface area (Å²) in [5.41, 5.74) is 2.14. The van der Waals surface area contributed by atoms with Crippen LogP contribution in [-0.4, -0.2) is 34.7 Å². The summed E-state index contributed by atoms with van der Waals surface area (Å²) in [6.07, 6.45) is 4.38. The van der Waals surface area contributed by atoms with E-state index < -0.39 is 5.97 Å². The van der Waals surface area contributed by atoms with Crippen molar-refractivity contribution in [1.82, 2.24) is 0 Å². The Balaban J connectivity index is 2.13. The van der Waals surface area contributed by atoms with Gasteiger partial charge in [-0.25, -0.2) is 4.79 Å². The van der Waals surface area contributed by atoms with E-state index in [9.17, 15) is 10.0 Å². The lowest BCUT2D eigenvalue weighted by Gasteiger charge is -2.43. The molecule has 1 saturated carbocycles. The molecule has 1 fully saturated rings. The molecule has 122 valence electrons. The number of oxime groups is 1. The molecule has 1 aromatic rings. The predicted octanol–water partition coefficient (Wildman–Crippen LogP) is 3.30. The van der Waals surface area contributed by atoms with Gasteiger partial charge in [0, 0.05) is 11.5 Å². The Hall–Kier alpha value is -2.17. The van der Waals surface area contributed by atoms with Gasteiger partial charge in [0.15, 0.2) is 0 Å². The highest BCUT2D eigenvalue weighted by Gasteiger charge is 2.43. The first-order valence-electron chi connectivity index (χ1n) is 8.19. The van der Waals surface area contributed by atoms with Crippen LogP contribution in [0.4, 0.5) is 0 Å². The van der Waals surface area contributed by atoms with Gasteiger partial charge in [0.05, 0.1) is 12.1 Å². The Kier molecular flexibility index (Phi) is 4.20. The number of aliphatic imine (C=N–C) groups is 1. The average molecular weight is 314 g/mol. The monoisotopic (exact) mass is 314 g/mol. The number of carbonyl (C=O) groups excluding carboxylic acids is 1. The summed E-state index contributed by atoms with van der Waals surface area (Å²) in [6, 6.07) is 7.96. The summed E-state index contributed by atoms with van der Waals surface area (Å²) in [6.45, 7) is 4.08. The molecule has 1 aliphatic carbocycles. The van der Waals surface area contributed by atoms with Gasteiger partial charge in [-0.05, 0) is 32.3 Å². The van der Waals surface area contributed by atoms with Gasteiger partial charge in [-0.1, -0.05) is 42.3 Å². The molecule has 1 heterocycles. The van der Waals surface area contributed by atoms with Crippen LogP contribution in [0.25, 0.3) is 0 Å². The number of ether oxygens (including phenoxy) is 1. The molecule has 0 saturated heterocycles. The molecule has 0 aromatic heterocycles. The molecule has 0 bridgehead atoms. The van der Waals surface area contributed by atoms with Crippen LogP contribution in [0.3, 0.4) is 0 Å². The molecule has 2 aliphatic rings. The van der Waals surface area contributed by atoms with Crippen LogP contribution < -0.4 is 0 Å². The summed E-state index contributed by atoms with van der Waals surface area (Å²) in [4.78, 5) is 17.0. The summed E-state index contributed by atoms with van der Waals surface area (Å²) in [5, 5.41) is 12.6. The predicted molar refractivity (Wildman–Crippen MR) is 88.4 cm³/mol. The zero-order chi connectivity index (χ0) is 16.4. The van der Waals surface area contributed by atoms with Crippen molar-refractivity contribution in [2.45, 2.75) is 51.0 Å². The first-order valence-corrected chi connectivity index (χ1v) is 8.19. The maximum Gasteiger partial charge on any atom is 0.362 e. The molecule has 5 heteroatoms. The van der Waals surface area contributed by atoms with Crippen LogP contribution in [0.2, 0.25) is 0 Å². The van der Waals surface area contributed by atoms with Gasteiger partial charge in [0.25, 0.3) is 0 Å². The van der Waals surface area contributed by atoms with Crippen LogP contribution in [0, 0.1) is 0 Å². The Labute approximate surface area is 136 Å². The Morgan fingerprint density at radius 1 is 1.43 bits per heavy atom. The highest BCUT2D eigenvalue weighted by atomic mass is 16.5. The first kappa shape index (κ1) is 15.7. The number of fused-ring (bicyclic) bond motifs is 3. The fraction of sp³-hybridized carbons (Fsp3) is 0.500. The number of nitrogens with zero attached hydrogens (tertiary/aromatic N) is 2. The number of esters is 1. The van der Waals surface area contributed by atoms with Gasteiger partial charge in [-0.3, -0.25) is 4.99 Å². The molecule has 1 N–H and O–H groups in total. The van der Waals surface area contributed by atoms with E-state index >= 15 is 0 Å². The third-order valence-electron chi connectivity index (χ3n) is 4.93. The lowest BCUT2D eigenvalue weighted by Crippen LogP contribution is -2.42. The summed E-state index contributed by atoms with van der Waals surface area (Å²) >= 11 is 0. The van der Waals surface area contributed by atoms with Gasteiger partial charge in [0.1, 0.15) is 5.71 Å². The second-order valence-electron chi connectivity index (χ2n) is 6.37. The van der Waals surface area contributed by atoms with Crippen molar-refractivity contribution in [3.63, 3.8) is 0 Å². The van der Waals surface area contributed by atoms with Gasteiger partial charge >= 0.3 is 5.97 Å². The minimum absolute atomic E-state index is 0.107. The quantitative estimate of drug-likeness (QED) is 0.403. The van der Waals surface area contributed by atoms with Crippen LogP contribution in [-0.2, 0) is 9.53 Å². The molecular formula is C18H22N2O3. The molecule has 1 aromatic carbocycles. The van der Waals surface area contributed by atoms with E-state index in [2.05, 4.69) is 18.1 Å². The Bertz CT molecular complexity index is 681. The third-order valence-corrected chi connectivity index (χ3v) is 4.93. The molecule has 5 nitrogen and oxygen atoms in total. The molecule has 0 spiro atoms. The molecule has 2 atom stereocenters. The van der Waals surface area contributed by atoms with Gasteiger partial charge in [-0.2, -0.15) is 0 Å². The topological polar surface area (TPSA) is 71.2 Å². The number of benzene rings is 1. The van der Waals surface area contributed by atoms with Crippen molar-refractivity contribution < 1.29 is 14.7 Å². The van der Waals surface area contributed by atoms with Crippen molar-refractivity contribution >= 4 is 17.4 Å². The van der Waals surface area contributed by atoms with E-state index in [1.54, 1.807) is 6.92 Å². The zero-order valence-corrected chi connectivity index (χ0v) is 13.6. The highest BCUT2D eigenvalue weighted by molar-refractivity contribution is 6.69.